The third-order valence-corrected chi connectivity index (χ3v) is 8.80. The van der Waals surface area contributed by atoms with Gasteiger partial charge in [-0.05, 0) is 93.1 Å². The molecule has 8 nitrogen and oxygen atoms in total. The topological polar surface area (TPSA) is 77.5 Å². The van der Waals surface area contributed by atoms with Gasteiger partial charge in [0.05, 0.1) is 30.8 Å². The fourth-order valence-electron chi connectivity index (χ4n) is 5.47. The summed E-state index contributed by atoms with van der Waals surface area (Å²) in [4.78, 5) is 31.1. The van der Waals surface area contributed by atoms with Crippen LogP contribution in [0.5, 0.6) is 17.2 Å². The molecule has 0 radical (unpaired) electrons. The predicted octanol–water partition coefficient (Wildman–Crippen LogP) is 8.18. The molecule has 1 aliphatic heterocycles. The highest BCUT2D eigenvalue weighted by Gasteiger charge is 2.38. The number of hydrogen-bond acceptors (Lipinski definition) is 6. The van der Waals surface area contributed by atoms with E-state index >= 15 is 0 Å². The van der Waals surface area contributed by atoms with Crippen molar-refractivity contribution in [2.24, 2.45) is 0 Å². The minimum absolute atomic E-state index is 0.0840. The first-order chi connectivity index (χ1) is 22.0. The number of nitrogens with zero attached hydrogens (tertiary/aromatic N) is 2. The van der Waals surface area contributed by atoms with Gasteiger partial charge in [0.15, 0.2) is 0 Å². The summed E-state index contributed by atoms with van der Waals surface area (Å²) in [5.74, 6) is 1.91. The Hall–Kier alpha value is -3.88. The number of carbonyl (C=O) groups is 2. The number of benzene rings is 3. The molecule has 0 bridgehead atoms. The van der Waals surface area contributed by atoms with Gasteiger partial charge in [0.25, 0.3) is 5.91 Å². The van der Waals surface area contributed by atoms with E-state index < -0.39 is 11.7 Å². The van der Waals surface area contributed by atoms with Crippen molar-refractivity contribution >= 4 is 40.8 Å². The molecule has 1 heterocycles. The number of methoxy groups -OCH3 is 2. The van der Waals surface area contributed by atoms with E-state index in [1.54, 1.807) is 25.2 Å². The fourth-order valence-corrected chi connectivity index (χ4v) is 5.85. The highest BCUT2D eigenvalue weighted by molar-refractivity contribution is 6.42. The second kappa shape index (κ2) is 14.3. The van der Waals surface area contributed by atoms with Gasteiger partial charge in [0.2, 0.25) is 0 Å². The molecule has 2 amide bonds. The average Bonchev–Trinajstić information content (AvgIpc) is 3.88. The average molecular weight is 668 g/mol. The van der Waals surface area contributed by atoms with Crippen LogP contribution in [0.1, 0.15) is 56.7 Å². The second-order valence-electron chi connectivity index (χ2n) is 12.5. The van der Waals surface area contributed by atoms with Gasteiger partial charge < -0.3 is 28.7 Å². The summed E-state index contributed by atoms with van der Waals surface area (Å²) in [5.41, 5.74) is 3.24. The number of halogens is 2. The zero-order valence-corrected chi connectivity index (χ0v) is 28.4. The van der Waals surface area contributed by atoms with Gasteiger partial charge in [0, 0.05) is 30.3 Å². The fraction of sp³-hybridized carbons (Fsp3) is 0.389. The van der Waals surface area contributed by atoms with Crippen molar-refractivity contribution in [2.45, 2.75) is 64.8 Å². The Kier molecular flexibility index (Phi) is 10.4. The Morgan fingerprint density at radius 3 is 2.39 bits per heavy atom. The van der Waals surface area contributed by atoms with Gasteiger partial charge in [-0.2, -0.15) is 0 Å². The molecule has 0 aromatic heterocycles. The van der Waals surface area contributed by atoms with Gasteiger partial charge in [-0.3, -0.25) is 4.79 Å². The number of carbonyl (C=O) groups excluding carboxylic acids is 2. The Balaban J connectivity index is 1.47. The first kappa shape index (κ1) is 33.5. The van der Waals surface area contributed by atoms with Gasteiger partial charge in [-0.1, -0.05) is 47.5 Å². The van der Waals surface area contributed by atoms with Crippen molar-refractivity contribution in [3.8, 4) is 17.2 Å². The lowest BCUT2D eigenvalue weighted by Crippen LogP contribution is -2.44. The molecule has 5 rings (SSSR count). The van der Waals surface area contributed by atoms with E-state index in [9.17, 15) is 9.59 Å². The summed E-state index contributed by atoms with van der Waals surface area (Å²) in [6.07, 6.45) is 1.83. The van der Waals surface area contributed by atoms with E-state index in [-0.39, 0.29) is 25.1 Å². The van der Waals surface area contributed by atoms with Crippen LogP contribution in [0.25, 0.3) is 5.57 Å². The third-order valence-electron chi connectivity index (χ3n) is 7.94. The van der Waals surface area contributed by atoms with Gasteiger partial charge in [0.1, 0.15) is 29.5 Å². The number of amides is 2. The first-order valence-corrected chi connectivity index (χ1v) is 16.1. The van der Waals surface area contributed by atoms with E-state index in [4.69, 9.17) is 42.1 Å². The van der Waals surface area contributed by atoms with Crippen LogP contribution in [0, 0.1) is 0 Å². The van der Waals surface area contributed by atoms with E-state index in [0.717, 1.165) is 35.1 Å². The molecule has 0 atom stereocenters. The van der Waals surface area contributed by atoms with Crippen LogP contribution in [0.4, 0.5) is 4.79 Å². The van der Waals surface area contributed by atoms with Gasteiger partial charge in [-0.15, -0.1) is 0 Å². The van der Waals surface area contributed by atoms with Crippen LogP contribution >= 0.6 is 23.2 Å². The highest BCUT2D eigenvalue weighted by Crippen LogP contribution is 2.37. The van der Waals surface area contributed by atoms with Crippen molar-refractivity contribution in [1.29, 1.82) is 0 Å². The maximum Gasteiger partial charge on any atom is 0.410 e. The third kappa shape index (κ3) is 8.09. The summed E-state index contributed by atoms with van der Waals surface area (Å²) in [7, 11) is 3.23. The van der Waals surface area contributed by atoms with Crippen LogP contribution in [0.15, 0.2) is 66.2 Å². The Bertz CT molecular complexity index is 1630. The van der Waals surface area contributed by atoms with E-state index in [2.05, 4.69) is 0 Å². The molecule has 3 aromatic rings. The SMILES string of the molecule is COc1ccc(OC)c(COc2cccc(C3=C(C(=O)N(Cc4cccc(Cl)c4Cl)C4CC4)CN(C(=O)OC(C)(C)C)CC3)c2)c1. The van der Waals surface area contributed by atoms with Crippen LogP contribution < -0.4 is 14.2 Å². The molecule has 0 unspecified atom stereocenters. The van der Waals surface area contributed by atoms with Crippen LogP contribution in [0.3, 0.4) is 0 Å². The summed E-state index contributed by atoms with van der Waals surface area (Å²) >= 11 is 12.9. The minimum atomic E-state index is -0.661. The van der Waals surface area contributed by atoms with E-state index in [1.807, 2.05) is 80.3 Å². The molecule has 2 aliphatic rings. The van der Waals surface area contributed by atoms with E-state index in [0.29, 0.717) is 52.4 Å². The molecular weight excluding hydrogens is 627 g/mol. The molecule has 10 heteroatoms. The number of hydrogen-bond donors (Lipinski definition) is 0. The summed E-state index contributed by atoms with van der Waals surface area (Å²) in [5, 5.41) is 0.882. The molecule has 244 valence electrons. The predicted molar refractivity (Wildman–Crippen MR) is 180 cm³/mol. The molecule has 0 N–H and O–H groups in total. The first-order valence-electron chi connectivity index (χ1n) is 15.4. The molecule has 0 saturated heterocycles. The maximum absolute atomic E-state index is 14.5. The molecular formula is C36H40Cl2N2O6. The minimum Gasteiger partial charge on any atom is -0.497 e. The lowest BCUT2D eigenvalue weighted by Gasteiger charge is -2.34. The van der Waals surface area contributed by atoms with Crippen molar-refractivity contribution < 1.29 is 28.5 Å². The maximum atomic E-state index is 14.5. The zero-order valence-electron chi connectivity index (χ0n) is 26.9. The lowest BCUT2D eigenvalue weighted by molar-refractivity contribution is -0.128. The largest absolute Gasteiger partial charge is 0.497 e. The molecule has 1 aliphatic carbocycles. The zero-order chi connectivity index (χ0) is 33.0. The lowest BCUT2D eigenvalue weighted by atomic mass is 9.92. The second-order valence-corrected chi connectivity index (χ2v) is 13.3. The van der Waals surface area contributed by atoms with Crippen molar-refractivity contribution in [3.63, 3.8) is 0 Å². The smallest absolute Gasteiger partial charge is 0.410 e. The molecule has 1 fully saturated rings. The molecule has 3 aromatic carbocycles. The van der Waals surface area contributed by atoms with Gasteiger partial charge >= 0.3 is 6.09 Å². The summed E-state index contributed by atoms with van der Waals surface area (Å²) < 4.78 is 22.8. The van der Waals surface area contributed by atoms with Gasteiger partial charge in [-0.25, -0.2) is 4.79 Å². The number of rotatable bonds is 10. The van der Waals surface area contributed by atoms with Crippen LogP contribution in [0.2, 0.25) is 10.0 Å². The van der Waals surface area contributed by atoms with Crippen molar-refractivity contribution in [2.75, 3.05) is 27.3 Å². The number of ether oxygens (including phenoxy) is 4. The Morgan fingerprint density at radius 2 is 1.70 bits per heavy atom. The van der Waals surface area contributed by atoms with Crippen molar-refractivity contribution in [1.82, 2.24) is 9.80 Å². The Morgan fingerprint density at radius 1 is 0.935 bits per heavy atom. The standard InChI is InChI=1S/C36H40Cl2N2O6/c1-36(2,3)46-35(42)39-17-16-29(23-8-6-10-28(18-23)45-22-25-19-27(43-4)14-15-32(25)44-5)30(21-39)34(41)40(26-12-13-26)20-24-9-7-11-31(37)33(24)38/h6-11,14-15,18-19,26H,12-13,16-17,20-22H2,1-5H3. The normalized spacial score (nSPS) is 15.0. The van der Waals surface area contributed by atoms with Crippen LogP contribution in [-0.2, 0) is 22.7 Å². The van der Waals surface area contributed by atoms with Crippen molar-refractivity contribution in [3.05, 3.63) is 93.0 Å². The monoisotopic (exact) mass is 666 g/mol. The highest BCUT2D eigenvalue weighted by atomic mass is 35.5. The summed E-state index contributed by atoms with van der Waals surface area (Å²) in [6.45, 7) is 6.61. The van der Waals surface area contributed by atoms with E-state index in [1.165, 1.54) is 0 Å². The van der Waals surface area contributed by atoms with Crippen LogP contribution in [-0.4, -0.2) is 60.8 Å². The summed E-state index contributed by atoms with van der Waals surface area (Å²) in [6, 6.07) is 18.8. The Labute approximate surface area is 280 Å². The molecule has 0 spiro atoms. The quantitative estimate of drug-likeness (QED) is 0.217. The molecule has 1 saturated carbocycles. The molecule has 46 heavy (non-hydrogen) atoms.